The van der Waals surface area contributed by atoms with Crippen LogP contribution in [0, 0.1) is 11.8 Å². The van der Waals surface area contributed by atoms with Crippen LogP contribution in [0.5, 0.6) is 0 Å². The Kier molecular flexibility index (Phi) is 3.58. The molecule has 68 valence electrons. The van der Waals surface area contributed by atoms with Crippen molar-refractivity contribution >= 4 is 0 Å². The van der Waals surface area contributed by atoms with Gasteiger partial charge in [0.2, 0.25) is 0 Å². The average Bonchev–Trinajstić information content (AvgIpc) is 2.16. The molecule has 0 aliphatic heterocycles. The van der Waals surface area contributed by atoms with Gasteiger partial charge in [0.15, 0.2) is 0 Å². The second-order valence-corrected chi connectivity index (χ2v) is 3.76. The molecule has 0 bridgehead atoms. The van der Waals surface area contributed by atoms with E-state index >= 15 is 0 Å². The molecule has 0 aromatic rings. The van der Waals surface area contributed by atoms with Gasteiger partial charge in [-0.2, -0.15) is 0 Å². The van der Waals surface area contributed by atoms with E-state index < -0.39 is 0 Å². The monoisotopic (exact) mass is 164 g/mol. The predicted octanol–water partition coefficient (Wildman–Crippen LogP) is 3.95. The molecule has 0 nitrogen and oxygen atoms in total. The minimum Gasteiger partial charge on any atom is -0.0988 e. The molecule has 0 spiro atoms. The van der Waals surface area contributed by atoms with E-state index in [2.05, 4.69) is 26.5 Å². The quantitative estimate of drug-likeness (QED) is 0.592. The third kappa shape index (κ3) is 2.00. The van der Waals surface area contributed by atoms with Gasteiger partial charge in [-0.25, -0.2) is 0 Å². The van der Waals surface area contributed by atoms with Crippen LogP contribution in [0.4, 0.5) is 0 Å². The highest BCUT2D eigenvalue weighted by atomic mass is 14.3. The fourth-order valence-electron chi connectivity index (χ4n) is 2.19. The summed E-state index contributed by atoms with van der Waals surface area (Å²) < 4.78 is 0. The highest BCUT2D eigenvalue weighted by Crippen LogP contribution is 2.33. The van der Waals surface area contributed by atoms with Crippen LogP contribution in [0.1, 0.15) is 39.5 Å². The van der Waals surface area contributed by atoms with Crippen LogP contribution in [0.15, 0.2) is 24.3 Å². The molecular weight excluding hydrogens is 144 g/mol. The molecule has 0 aromatic heterocycles. The van der Waals surface area contributed by atoms with Crippen LogP contribution in [0.3, 0.4) is 0 Å². The van der Waals surface area contributed by atoms with Crippen molar-refractivity contribution in [2.24, 2.45) is 11.8 Å². The van der Waals surface area contributed by atoms with Gasteiger partial charge in [0.25, 0.3) is 0 Å². The number of hydrogen-bond donors (Lipinski definition) is 0. The van der Waals surface area contributed by atoms with Crippen molar-refractivity contribution in [2.45, 2.75) is 39.5 Å². The number of hydrogen-bond acceptors (Lipinski definition) is 0. The second kappa shape index (κ2) is 4.49. The molecule has 1 rings (SSSR count). The fraction of sp³-hybridized carbons (Fsp3) is 0.667. The zero-order valence-electron chi connectivity index (χ0n) is 8.34. The molecule has 0 saturated heterocycles. The summed E-state index contributed by atoms with van der Waals surface area (Å²) in [6.45, 7) is 8.45. The van der Waals surface area contributed by atoms with E-state index in [4.69, 9.17) is 0 Å². The van der Waals surface area contributed by atoms with Gasteiger partial charge in [0, 0.05) is 0 Å². The molecule has 0 radical (unpaired) electrons. The molecule has 0 heteroatoms. The highest BCUT2D eigenvalue weighted by molar-refractivity contribution is 5.19. The summed E-state index contributed by atoms with van der Waals surface area (Å²) in [6, 6.07) is 0. The Morgan fingerprint density at radius 3 is 2.58 bits per heavy atom. The average molecular weight is 164 g/mol. The van der Waals surface area contributed by atoms with E-state index in [1.165, 1.54) is 31.3 Å². The minimum absolute atomic E-state index is 0.910. The van der Waals surface area contributed by atoms with Crippen LogP contribution < -0.4 is 0 Å². The van der Waals surface area contributed by atoms with Gasteiger partial charge < -0.3 is 0 Å². The summed E-state index contributed by atoms with van der Waals surface area (Å²) in [5.41, 5.74) is 1.46. The SMILES string of the molecule is C=CC1=CCC(CC)C(CC)C1. The zero-order valence-corrected chi connectivity index (χ0v) is 8.34. The van der Waals surface area contributed by atoms with Gasteiger partial charge in [-0.05, 0) is 24.7 Å². The Morgan fingerprint density at radius 1 is 1.42 bits per heavy atom. The van der Waals surface area contributed by atoms with Gasteiger partial charge in [0.1, 0.15) is 0 Å². The van der Waals surface area contributed by atoms with Crippen LogP contribution in [0.25, 0.3) is 0 Å². The summed E-state index contributed by atoms with van der Waals surface area (Å²) in [6.07, 6.45) is 9.58. The van der Waals surface area contributed by atoms with Crippen LogP contribution >= 0.6 is 0 Å². The maximum atomic E-state index is 3.84. The van der Waals surface area contributed by atoms with E-state index in [9.17, 15) is 0 Å². The molecule has 0 saturated carbocycles. The van der Waals surface area contributed by atoms with Crippen molar-refractivity contribution < 1.29 is 0 Å². The van der Waals surface area contributed by atoms with Gasteiger partial charge in [-0.15, -0.1) is 0 Å². The third-order valence-electron chi connectivity index (χ3n) is 3.16. The third-order valence-corrected chi connectivity index (χ3v) is 3.16. The predicted molar refractivity (Wildman–Crippen MR) is 55.1 cm³/mol. The first kappa shape index (κ1) is 9.57. The number of allylic oxidation sites excluding steroid dienone is 3. The van der Waals surface area contributed by atoms with Crippen molar-refractivity contribution in [3.05, 3.63) is 24.3 Å². The summed E-state index contributed by atoms with van der Waals surface area (Å²) >= 11 is 0. The van der Waals surface area contributed by atoms with Crippen molar-refractivity contribution in [3.63, 3.8) is 0 Å². The van der Waals surface area contributed by atoms with Gasteiger partial charge >= 0.3 is 0 Å². The standard InChI is InChI=1S/C12H20/c1-4-10-7-8-11(5-2)12(6-3)9-10/h4,7,11-12H,1,5-6,8-9H2,2-3H3. The molecule has 0 fully saturated rings. The molecule has 1 aliphatic rings. The first-order valence-electron chi connectivity index (χ1n) is 5.13. The van der Waals surface area contributed by atoms with Crippen molar-refractivity contribution in [1.82, 2.24) is 0 Å². The molecule has 2 atom stereocenters. The van der Waals surface area contributed by atoms with Gasteiger partial charge in [-0.1, -0.05) is 51.0 Å². The van der Waals surface area contributed by atoms with Gasteiger partial charge in [-0.3, -0.25) is 0 Å². The molecule has 1 aliphatic carbocycles. The molecular formula is C12H20. The lowest BCUT2D eigenvalue weighted by atomic mass is 9.77. The smallest absolute Gasteiger partial charge is 0.0251 e. The van der Waals surface area contributed by atoms with Gasteiger partial charge in [0.05, 0.1) is 0 Å². The Bertz CT molecular complexity index is 176. The van der Waals surface area contributed by atoms with Crippen molar-refractivity contribution in [2.75, 3.05) is 0 Å². The maximum absolute atomic E-state index is 3.84. The van der Waals surface area contributed by atoms with E-state index in [1.807, 2.05) is 6.08 Å². The fourth-order valence-corrected chi connectivity index (χ4v) is 2.19. The Labute approximate surface area is 76.4 Å². The van der Waals surface area contributed by atoms with E-state index in [-0.39, 0.29) is 0 Å². The Balaban J connectivity index is 2.61. The van der Waals surface area contributed by atoms with Crippen LogP contribution in [0.2, 0.25) is 0 Å². The summed E-state index contributed by atoms with van der Waals surface area (Å²) in [5, 5.41) is 0. The summed E-state index contributed by atoms with van der Waals surface area (Å²) in [4.78, 5) is 0. The highest BCUT2D eigenvalue weighted by Gasteiger charge is 2.21. The summed E-state index contributed by atoms with van der Waals surface area (Å²) in [5.74, 6) is 1.84. The zero-order chi connectivity index (χ0) is 8.97. The largest absolute Gasteiger partial charge is 0.0988 e. The Morgan fingerprint density at radius 2 is 2.08 bits per heavy atom. The maximum Gasteiger partial charge on any atom is -0.0251 e. The minimum atomic E-state index is 0.910. The molecule has 0 aromatic carbocycles. The lowest BCUT2D eigenvalue weighted by Crippen LogP contribution is -2.17. The molecule has 0 heterocycles. The first-order valence-corrected chi connectivity index (χ1v) is 5.13. The van der Waals surface area contributed by atoms with E-state index in [1.54, 1.807) is 0 Å². The normalized spacial score (nSPS) is 29.7. The lowest BCUT2D eigenvalue weighted by molar-refractivity contribution is 0.300. The van der Waals surface area contributed by atoms with Crippen molar-refractivity contribution in [3.8, 4) is 0 Å². The molecule has 0 amide bonds. The number of rotatable bonds is 3. The van der Waals surface area contributed by atoms with E-state index in [0.29, 0.717) is 0 Å². The Hall–Kier alpha value is -0.520. The molecule has 12 heavy (non-hydrogen) atoms. The molecule has 2 unspecified atom stereocenters. The lowest BCUT2D eigenvalue weighted by Gasteiger charge is -2.28. The van der Waals surface area contributed by atoms with Crippen molar-refractivity contribution in [1.29, 1.82) is 0 Å². The van der Waals surface area contributed by atoms with E-state index in [0.717, 1.165) is 11.8 Å². The van der Waals surface area contributed by atoms with Crippen LogP contribution in [-0.4, -0.2) is 0 Å². The molecule has 0 N–H and O–H groups in total. The van der Waals surface area contributed by atoms with Crippen LogP contribution in [-0.2, 0) is 0 Å². The first-order chi connectivity index (χ1) is 5.81. The second-order valence-electron chi connectivity index (χ2n) is 3.76. The summed E-state index contributed by atoms with van der Waals surface area (Å²) in [7, 11) is 0. The topological polar surface area (TPSA) is 0 Å².